The molecule has 78 valence electrons. The van der Waals surface area contributed by atoms with E-state index in [0.717, 1.165) is 25.0 Å². The Hall–Kier alpha value is -1.35. The van der Waals surface area contributed by atoms with Gasteiger partial charge in [-0.2, -0.15) is 0 Å². The molecular weight excluding hydrogens is 186 g/mol. The average Bonchev–Trinajstić information content (AvgIpc) is 2.64. The van der Waals surface area contributed by atoms with Crippen molar-refractivity contribution in [2.75, 3.05) is 6.54 Å². The van der Waals surface area contributed by atoms with E-state index < -0.39 is 0 Å². The molecular formula is C12H15N3. The van der Waals surface area contributed by atoms with Gasteiger partial charge < -0.3 is 9.88 Å². The number of hydrogen-bond donors (Lipinski definition) is 1. The quantitative estimate of drug-likeness (QED) is 0.799. The number of nitrogens with one attached hydrogen (secondary N) is 1. The molecule has 1 aromatic heterocycles. The summed E-state index contributed by atoms with van der Waals surface area (Å²) in [4.78, 5) is 4.42. The smallest absolute Gasteiger partial charge is 0.0958 e. The molecule has 1 atom stereocenters. The van der Waals surface area contributed by atoms with E-state index >= 15 is 0 Å². The molecule has 1 unspecified atom stereocenters. The minimum Gasteiger partial charge on any atom is -0.329 e. The fraction of sp³-hybridized carbons (Fsp3) is 0.417. The fourth-order valence-electron chi connectivity index (χ4n) is 2.50. The number of hydrogen-bond acceptors (Lipinski definition) is 2. The zero-order valence-electron chi connectivity index (χ0n) is 8.90. The Labute approximate surface area is 89.1 Å². The molecule has 0 bridgehead atoms. The van der Waals surface area contributed by atoms with Gasteiger partial charge in [0, 0.05) is 12.6 Å². The van der Waals surface area contributed by atoms with Gasteiger partial charge in [0.1, 0.15) is 0 Å². The summed E-state index contributed by atoms with van der Waals surface area (Å²) < 4.78 is 2.27. The molecule has 0 aliphatic carbocycles. The first-order chi connectivity index (χ1) is 7.38. The van der Waals surface area contributed by atoms with Crippen LogP contribution in [0.15, 0.2) is 24.5 Å². The van der Waals surface area contributed by atoms with Crippen LogP contribution in [0.5, 0.6) is 0 Å². The summed E-state index contributed by atoms with van der Waals surface area (Å²) in [5.41, 5.74) is 3.87. The molecule has 0 amide bonds. The summed E-state index contributed by atoms with van der Waals surface area (Å²) in [5.74, 6) is 0. The highest BCUT2D eigenvalue weighted by molar-refractivity contribution is 5.79. The van der Waals surface area contributed by atoms with Crippen molar-refractivity contribution in [1.29, 1.82) is 0 Å². The molecule has 2 heterocycles. The van der Waals surface area contributed by atoms with E-state index in [1.807, 2.05) is 6.33 Å². The van der Waals surface area contributed by atoms with E-state index in [1.54, 1.807) is 0 Å². The molecule has 3 nitrogen and oxygen atoms in total. The second-order valence-corrected chi connectivity index (χ2v) is 4.14. The summed E-state index contributed by atoms with van der Waals surface area (Å²) in [6.45, 7) is 4.23. The second kappa shape index (κ2) is 3.35. The van der Waals surface area contributed by atoms with Crippen LogP contribution in [0.2, 0.25) is 0 Å². The van der Waals surface area contributed by atoms with Gasteiger partial charge in [-0.15, -0.1) is 0 Å². The third kappa shape index (κ3) is 1.35. The number of likely N-dealkylation sites (N-methyl/N-ethyl adjacent to an activating group) is 1. The normalized spacial score (nSPS) is 19.7. The topological polar surface area (TPSA) is 29.9 Å². The van der Waals surface area contributed by atoms with E-state index in [9.17, 15) is 0 Å². The molecule has 1 aliphatic heterocycles. The SMILES string of the molecule is CCNC1Cc2cccc3ncn(c23)C1. The van der Waals surface area contributed by atoms with Gasteiger partial charge in [-0.05, 0) is 24.6 Å². The van der Waals surface area contributed by atoms with Gasteiger partial charge in [0.15, 0.2) is 0 Å². The van der Waals surface area contributed by atoms with Gasteiger partial charge in [-0.3, -0.25) is 0 Å². The van der Waals surface area contributed by atoms with Gasteiger partial charge in [0.25, 0.3) is 0 Å². The van der Waals surface area contributed by atoms with Crippen LogP contribution in [0.1, 0.15) is 12.5 Å². The summed E-state index contributed by atoms with van der Waals surface area (Å²) in [6, 6.07) is 6.96. The fourth-order valence-corrected chi connectivity index (χ4v) is 2.50. The number of para-hydroxylation sites is 1. The van der Waals surface area contributed by atoms with Crippen LogP contribution in [0.4, 0.5) is 0 Å². The van der Waals surface area contributed by atoms with Crippen molar-refractivity contribution in [2.45, 2.75) is 25.9 Å². The van der Waals surface area contributed by atoms with Crippen molar-refractivity contribution in [1.82, 2.24) is 14.9 Å². The molecule has 1 N–H and O–H groups in total. The minimum atomic E-state index is 0.558. The third-order valence-electron chi connectivity index (χ3n) is 3.10. The zero-order chi connectivity index (χ0) is 10.3. The maximum absolute atomic E-state index is 4.42. The van der Waals surface area contributed by atoms with E-state index in [2.05, 4.69) is 40.0 Å². The highest BCUT2D eigenvalue weighted by Gasteiger charge is 2.19. The molecule has 0 radical (unpaired) electrons. The van der Waals surface area contributed by atoms with Crippen LogP contribution >= 0.6 is 0 Å². The predicted molar refractivity (Wildman–Crippen MR) is 60.9 cm³/mol. The van der Waals surface area contributed by atoms with Gasteiger partial charge in [-0.1, -0.05) is 19.1 Å². The first-order valence-electron chi connectivity index (χ1n) is 5.54. The zero-order valence-corrected chi connectivity index (χ0v) is 8.90. The van der Waals surface area contributed by atoms with Gasteiger partial charge in [0.05, 0.1) is 17.4 Å². The molecule has 15 heavy (non-hydrogen) atoms. The molecule has 0 fully saturated rings. The summed E-state index contributed by atoms with van der Waals surface area (Å²) in [5, 5.41) is 3.51. The van der Waals surface area contributed by atoms with Gasteiger partial charge in [-0.25, -0.2) is 4.98 Å². The maximum Gasteiger partial charge on any atom is 0.0958 e. The molecule has 2 aromatic rings. The van der Waals surface area contributed by atoms with Crippen molar-refractivity contribution in [3.63, 3.8) is 0 Å². The lowest BCUT2D eigenvalue weighted by molar-refractivity contribution is 0.447. The Morgan fingerprint density at radius 1 is 1.53 bits per heavy atom. The lowest BCUT2D eigenvalue weighted by Gasteiger charge is -2.24. The van der Waals surface area contributed by atoms with Crippen LogP contribution in [0.3, 0.4) is 0 Å². The standard InChI is InChI=1S/C12H15N3/c1-2-13-10-6-9-4-3-5-11-12(9)15(7-10)8-14-11/h3-5,8,10,13H,2,6-7H2,1H3. The monoisotopic (exact) mass is 201 g/mol. The highest BCUT2D eigenvalue weighted by Crippen LogP contribution is 2.23. The lowest BCUT2D eigenvalue weighted by atomic mass is 10.0. The number of nitrogens with zero attached hydrogens (tertiary/aromatic N) is 2. The highest BCUT2D eigenvalue weighted by atomic mass is 15.1. The van der Waals surface area contributed by atoms with E-state index in [-0.39, 0.29) is 0 Å². The van der Waals surface area contributed by atoms with Crippen LogP contribution < -0.4 is 5.32 Å². The van der Waals surface area contributed by atoms with E-state index in [4.69, 9.17) is 0 Å². The van der Waals surface area contributed by atoms with Crippen molar-refractivity contribution in [3.8, 4) is 0 Å². The Balaban J connectivity index is 2.08. The lowest BCUT2D eigenvalue weighted by Crippen LogP contribution is -2.37. The third-order valence-corrected chi connectivity index (χ3v) is 3.10. The predicted octanol–water partition coefficient (Wildman–Crippen LogP) is 1.57. The Morgan fingerprint density at radius 3 is 3.33 bits per heavy atom. The molecule has 1 aromatic carbocycles. The van der Waals surface area contributed by atoms with Crippen LogP contribution in [0.25, 0.3) is 11.0 Å². The summed E-state index contributed by atoms with van der Waals surface area (Å²) >= 11 is 0. The minimum absolute atomic E-state index is 0.558. The number of aromatic nitrogens is 2. The van der Waals surface area contributed by atoms with Crippen LogP contribution in [-0.2, 0) is 13.0 Å². The molecule has 3 rings (SSSR count). The van der Waals surface area contributed by atoms with Gasteiger partial charge >= 0.3 is 0 Å². The van der Waals surface area contributed by atoms with Gasteiger partial charge in [0.2, 0.25) is 0 Å². The Bertz CT molecular complexity index is 487. The molecule has 3 heteroatoms. The Morgan fingerprint density at radius 2 is 2.47 bits per heavy atom. The Kier molecular flexibility index (Phi) is 1.99. The van der Waals surface area contributed by atoms with Crippen molar-refractivity contribution in [2.24, 2.45) is 0 Å². The first-order valence-corrected chi connectivity index (χ1v) is 5.54. The number of imidazole rings is 1. The summed E-state index contributed by atoms with van der Waals surface area (Å²) in [7, 11) is 0. The first kappa shape index (κ1) is 8.92. The largest absolute Gasteiger partial charge is 0.329 e. The number of benzene rings is 1. The maximum atomic E-state index is 4.42. The van der Waals surface area contributed by atoms with Crippen molar-refractivity contribution >= 4 is 11.0 Å². The van der Waals surface area contributed by atoms with E-state index in [0.29, 0.717) is 6.04 Å². The van der Waals surface area contributed by atoms with Crippen LogP contribution in [-0.4, -0.2) is 22.1 Å². The molecule has 0 spiro atoms. The molecule has 1 aliphatic rings. The van der Waals surface area contributed by atoms with Crippen molar-refractivity contribution < 1.29 is 0 Å². The van der Waals surface area contributed by atoms with E-state index in [1.165, 1.54) is 11.1 Å². The van der Waals surface area contributed by atoms with Crippen LogP contribution in [0, 0.1) is 0 Å². The molecule has 0 saturated heterocycles. The molecule has 0 saturated carbocycles. The average molecular weight is 201 g/mol. The van der Waals surface area contributed by atoms with Crippen molar-refractivity contribution in [3.05, 3.63) is 30.1 Å². The summed E-state index contributed by atoms with van der Waals surface area (Å²) in [6.07, 6.45) is 3.08. The second-order valence-electron chi connectivity index (χ2n) is 4.14. The number of rotatable bonds is 2.